The molecule has 6 heteroatoms. The fourth-order valence-corrected chi connectivity index (χ4v) is 2.81. The molecule has 0 bridgehead atoms. The molecular formula is C20H23F2NO3. The van der Waals surface area contributed by atoms with Crippen LogP contribution in [0.3, 0.4) is 0 Å². The summed E-state index contributed by atoms with van der Waals surface area (Å²) in [6.07, 6.45) is 0.192. The molecule has 2 aromatic carbocycles. The van der Waals surface area contributed by atoms with E-state index in [1.54, 1.807) is 24.1 Å². The van der Waals surface area contributed by atoms with Crippen LogP contribution in [0, 0.1) is 0 Å². The van der Waals surface area contributed by atoms with Crippen LogP contribution in [0.2, 0.25) is 0 Å². The fraction of sp³-hybridized carbons (Fsp3) is 0.350. The number of nitrogens with zero attached hydrogens (tertiary/aromatic N) is 1. The number of alkyl halides is 2. The van der Waals surface area contributed by atoms with Crippen molar-refractivity contribution in [3.63, 3.8) is 0 Å². The Labute approximate surface area is 152 Å². The Hall–Kier alpha value is -2.63. The van der Waals surface area contributed by atoms with E-state index in [0.29, 0.717) is 6.54 Å². The molecule has 0 radical (unpaired) electrons. The zero-order chi connectivity index (χ0) is 19.1. The minimum Gasteiger partial charge on any atom is -0.497 e. The summed E-state index contributed by atoms with van der Waals surface area (Å²) in [6.45, 7) is 1.59. The lowest BCUT2D eigenvalue weighted by Crippen LogP contribution is -2.34. The van der Waals surface area contributed by atoms with Crippen LogP contribution >= 0.6 is 0 Å². The first kappa shape index (κ1) is 19.7. The molecule has 0 aromatic heterocycles. The van der Waals surface area contributed by atoms with Gasteiger partial charge in [0.25, 0.3) is 0 Å². The van der Waals surface area contributed by atoms with Gasteiger partial charge in [0, 0.05) is 6.54 Å². The Kier molecular flexibility index (Phi) is 6.95. The number of rotatable bonds is 8. The van der Waals surface area contributed by atoms with Crippen molar-refractivity contribution in [1.29, 1.82) is 0 Å². The van der Waals surface area contributed by atoms with E-state index < -0.39 is 6.61 Å². The van der Waals surface area contributed by atoms with Gasteiger partial charge in [-0.2, -0.15) is 8.78 Å². The number of benzene rings is 2. The van der Waals surface area contributed by atoms with Gasteiger partial charge in [-0.25, -0.2) is 0 Å². The second-order valence-electron chi connectivity index (χ2n) is 5.83. The number of ether oxygens (including phenoxy) is 2. The number of amides is 1. The number of carbonyl (C=O) groups excluding carboxylic acids is 1. The molecule has 0 heterocycles. The lowest BCUT2D eigenvalue weighted by atomic mass is 10.0. The molecule has 26 heavy (non-hydrogen) atoms. The zero-order valence-corrected chi connectivity index (χ0v) is 15.1. The van der Waals surface area contributed by atoms with Gasteiger partial charge in [0.05, 0.1) is 19.6 Å². The van der Waals surface area contributed by atoms with Crippen molar-refractivity contribution in [3.05, 3.63) is 59.7 Å². The summed E-state index contributed by atoms with van der Waals surface area (Å²) in [6, 6.07) is 13.6. The smallest absolute Gasteiger partial charge is 0.387 e. The highest BCUT2D eigenvalue weighted by atomic mass is 19.3. The van der Waals surface area contributed by atoms with Crippen LogP contribution in [0.1, 0.15) is 31.0 Å². The topological polar surface area (TPSA) is 38.8 Å². The summed E-state index contributed by atoms with van der Waals surface area (Å²) < 4.78 is 34.0. The number of carbonyl (C=O) groups is 1. The standard InChI is InChI=1S/C20H23F2NO3/c1-4-23(14(2)16-6-5-7-18(13-16)25-3)19(24)12-15-8-10-17(11-9-15)26-20(21)22/h5-11,13-14,20H,4,12H2,1-3H3. The molecule has 0 aliphatic carbocycles. The number of hydrogen-bond donors (Lipinski definition) is 0. The maximum absolute atomic E-state index is 12.7. The van der Waals surface area contributed by atoms with Crippen LogP contribution in [0.25, 0.3) is 0 Å². The van der Waals surface area contributed by atoms with Crippen LogP contribution in [0.5, 0.6) is 11.5 Å². The first-order valence-electron chi connectivity index (χ1n) is 8.41. The Balaban J connectivity index is 2.07. The molecule has 2 rings (SSSR count). The van der Waals surface area contributed by atoms with Crippen molar-refractivity contribution < 1.29 is 23.0 Å². The quantitative estimate of drug-likeness (QED) is 0.696. The van der Waals surface area contributed by atoms with E-state index in [-0.39, 0.29) is 24.1 Å². The van der Waals surface area contributed by atoms with E-state index >= 15 is 0 Å². The summed E-state index contributed by atoms with van der Waals surface area (Å²) in [5.74, 6) is 0.783. The summed E-state index contributed by atoms with van der Waals surface area (Å²) in [7, 11) is 1.61. The molecule has 0 saturated heterocycles. The van der Waals surface area contributed by atoms with Crippen LogP contribution in [0.4, 0.5) is 8.78 Å². The van der Waals surface area contributed by atoms with E-state index in [0.717, 1.165) is 16.9 Å². The van der Waals surface area contributed by atoms with Crippen LogP contribution in [-0.4, -0.2) is 31.1 Å². The zero-order valence-electron chi connectivity index (χ0n) is 15.1. The van der Waals surface area contributed by atoms with Gasteiger partial charge in [-0.15, -0.1) is 0 Å². The highest BCUT2D eigenvalue weighted by Gasteiger charge is 2.20. The average molecular weight is 363 g/mol. The van der Waals surface area contributed by atoms with Crippen LogP contribution in [0.15, 0.2) is 48.5 Å². The summed E-state index contributed by atoms with van der Waals surface area (Å²) >= 11 is 0. The van der Waals surface area contributed by atoms with Gasteiger partial charge in [-0.3, -0.25) is 4.79 Å². The summed E-state index contributed by atoms with van der Waals surface area (Å²) in [5.41, 5.74) is 1.73. The largest absolute Gasteiger partial charge is 0.497 e. The Morgan fingerprint density at radius 2 is 1.81 bits per heavy atom. The number of halogens is 2. The minimum atomic E-state index is -2.86. The van der Waals surface area contributed by atoms with Crippen molar-refractivity contribution in [3.8, 4) is 11.5 Å². The molecule has 0 fully saturated rings. The van der Waals surface area contributed by atoms with Crippen LogP contribution < -0.4 is 9.47 Å². The second kappa shape index (κ2) is 9.17. The Bertz CT molecular complexity index is 719. The van der Waals surface area contributed by atoms with Crippen molar-refractivity contribution in [2.24, 2.45) is 0 Å². The Morgan fingerprint density at radius 1 is 1.12 bits per heavy atom. The summed E-state index contributed by atoms with van der Waals surface area (Å²) in [4.78, 5) is 14.5. The number of likely N-dealkylation sites (N-methyl/N-ethyl adjacent to an activating group) is 1. The molecule has 1 atom stereocenters. The predicted octanol–water partition coefficient (Wildman–Crippen LogP) is 4.45. The first-order valence-corrected chi connectivity index (χ1v) is 8.41. The molecule has 0 aliphatic rings. The van der Waals surface area contributed by atoms with Gasteiger partial charge < -0.3 is 14.4 Å². The van der Waals surface area contributed by atoms with E-state index in [1.165, 1.54) is 12.1 Å². The fourth-order valence-electron chi connectivity index (χ4n) is 2.81. The van der Waals surface area contributed by atoms with Crippen LogP contribution in [-0.2, 0) is 11.2 Å². The third kappa shape index (κ3) is 5.18. The van der Waals surface area contributed by atoms with Crippen molar-refractivity contribution in [2.75, 3.05) is 13.7 Å². The van der Waals surface area contributed by atoms with Gasteiger partial charge in [-0.1, -0.05) is 24.3 Å². The molecule has 140 valence electrons. The highest BCUT2D eigenvalue weighted by molar-refractivity contribution is 5.79. The summed E-state index contributed by atoms with van der Waals surface area (Å²) in [5, 5.41) is 0. The van der Waals surface area contributed by atoms with Gasteiger partial charge in [0.2, 0.25) is 5.91 Å². The van der Waals surface area contributed by atoms with Crippen molar-refractivity contribution in [2.45, 2.75) is 32.9 Å². The molecule has 4 nitrogen and oxygen atoms in total. The van der Waals surface area contributed by atoms with E-state index in [2.05, 4.69) is 4.74 Å². The minimum absolute atomic E-state index is 0.0367. The van der Waals surface area contributed by atoms with E-state index in [1.807, 2.05) is 38.1 Å². The monoisotopic (exact) mass is 363 g/mol. The molecule has 0 aliphatic heterocycles. The molecule has 0 saturated carbocycles. The van der Waals surface area contributed by atoms with Gasteiger partial charge in [0.1, 0.15) is 11.5 Å². The molecule has 2 aromatic rings. The van der Waals surface area contributed by atoms with Gasteiger partial charge in [0.15, 0.2) is 0 Å². The maximum Gasteiger partial charge on any atom is 0.387 e. The lowest BCUT2D eigenvalue weighted by Gasteiger charge is -2.29. The molecule has 0 spiro atoms. The van der Waals surface area contributed by atoms with E-state index in [9.17, 15) is 13.6 Å². The van der Waals surface area contributed by atoms with E-state index in [4.69, 9.17) is 4.74 Å². The van der Waals surface area contributed by atoms with Crippen molar-refractivity contribution in [1.82, 2.24) is 4.90 Å². The molecular weight excluding hydrogens is 340 g/mol. The van der Waals surface area contributed by atoms with Gasteiger partial charge >= 0.3 is 6.61 Å². The number of methoxy groups -OCH3 is 1. The Morgan fingerprint density at radius 3 is 2.38 bits per heavy atom. The first-order chi connectivity index (χ1) is 12.4. The van der Waals surface area contributed by atoms with Gasteiger partial charge in [-0.05, 0) is 49.2 Å². The average Bonchev–Trinajstić information content (AvgIpc) is 2.63. The normalized spacial score (nSPS) is 11.9. The third-order valence-electron chi connectivity index (χ3n) is 4.21. The maximum atomic E-state index is 12.7. The third-order valence-corrected chi connectivity index (χ3v) is 4.21. The second-order valence-corrected chi connectivity index (χ2v) is 5.83. The van der Waals surface area contributed by atoms with Crippen molar-refractivity contribution >= 4 is 5.91 Å². The predicted molar refractivity (Wildman–Crippen MR) is 95.6 cm³/mol. The number of hydrogen-bond acceptors (Lipinski definition) is 3. The molecule has 1 unspecified atom stereocenters. The lowest BCUT2D eigenvalue weighted by molar-refractivity contribution is -0.132. The highest BCUT2D eigenvalue weighted by Crippen LogP contribution is 2.25. The molecule has 1 amide bonds. The SMILES string of the molecule is CCN(C(=O)Cc1ccc(OC(F)F)cc1)C(C)c1cccc(OC)c1. The molecule has 0 N–H and O–H groups in total.